The predicted octanol–water partition coefficient (Wildman–Crippen LogP) is 4.37. The Hall–Kier alpha value is -4.15. The average molecular weight is 469 g/mol. The van der Waals surface area contributed by atoms with Crippen LogP contribution in [0.4, 0.5) is 0 Å². The number of ether oxygens (including phenoxy) is 2. The molecule has 0 radical (unpaired) electrons. The van der Waals surface area contributed by atoms with Gasteiger partial charge in [0.25, 0.3) is 0 Å². The van der Waals surface area contributed by atoms with Gasteiger partial charge in [0.05, 0.1) is 18.1 Å². The van der Waals surface area contributed by atoms with E-state index in [2.05, 4.69) is 23.5 Å². The zero-order valence-electron chi connectivity index (χ0n) is 19.0. The van der Waals surface area contributed by atoms with Crippen LogP contribution in [0.1, 0.15) is 50.5 Å². The molecule has 1 unspecified atom stereocenters. The van der Waals surface area contributed by atoms with Crippen molar-refractivity contribution in [3.8, 4) is 23.3 Å². The number of nitrogens with zero attached hydrogens (tertiary/aromatic N) is 1. The molecule has 2 N–H and O–H groups in total. The molecule has 0 bridgehead atoms. The number of rotatable bonds is 6. The van der Waals surface area contributed by atoms with Crippen molar-refractivity contribution in [1.29, 1.82) is 5.26 Å². The summed E-state index contributed by atoms with van der Waals surface area (Å²) in [5.74, 6) is -0.497. The van der Waals surface area contributed by atoms with Gasteiger partial charge in [-0.25, -0.2) is 0 Å². The minimum atomic E-state index is -0.945. The molecule has 0 saturated heterocycles. The number of carbonyl (C=O) groups is 2. The van der Waals surface area contributed by atoms with E-state index in [0.29, 0.717) is 35.5 Å². The van der Waals surface area contributed by atoms with E-state index in [1.807, 2.05) is 6.07 Å². The standard InChI is InChI=1S/C28H24N2O5/c29-15-20-13-24-23(28(32)33)8-10-34-27(24)14-26(20)35-22-5-3-19(4-6-22)25(31)12-17-1-2-18-7-9-30-16-21(18)11-17/h1-6,11,13-14,23,30H,7-10,12,16H2,(H,32,33). The molecule has 0 aromatic heterocycles. The second-order valence-corrected chi connectivity index (χ2v) is 8.78. The summed E-state index contributed by atoms with van der Waals surface area (Å²) < 4.78 is 11.5. The lowest BCUT2D eigenvalue weighted by molar-refractivity contribution is -0.139. The number of carbonyl (C=O) groups excluding carboxylic acids is 1. The lowest BCUT2D eigenvalue weighted by Gasteiger charge is -2.24. The van der Waals surface area contributed by atoms with Gasteiger partial charge in [-0.2, -0.15) is 5.26 Å². The molecule has 35 heavy (non-hydrogen) atoms. The van der Waals surface area contributed by atoms with Gasteiger partial charge in [0, 0.05) is 30.2 Å². The number of fused-ring (bicyclic) bond motifs is 2. The Bertz CT molecular complexity index is 1340. The van der Waals surface area contributed by atoms with Crippen LogP contribution >= 0.6 is 0 Å². The summed E-state index contributed by atoms with van der Waals surface area (Å²) in [4.78, 5) is 24.4. The second kappa shape index (κ2) is 9.61. The maximum atomic E-state index is 12.8. The number of nitrogens with one attached hydrogen (secondary N) is 1. The normalized spacial score (nSPS) is 16.3. The summed E-state index contributed by atoms with van der Waals surface area (Å²) in [7, 11) is 0. The van der Waals surface area contributed by atoms with Crippen molar-refractivity contribution in [2.75, 3.05) is 13.2 Å². The molecule has 0 saturated carbocycles. The fourth-order valence-corrected chi connectivity index (χ4v) is 4.61. The zero-order valence-corrected chi connectivity index (χ0v) is 19.0. The van der Waals surface area contributed by atoms with E-state index in [4.69, 9.17) is 9.47 Å². The molecule has 3 aromatic rings. The van der Waals surface area contributed by atoms with Crippen LogP contribution in [-0.4, -0.2) is 30.0 Å². The summed E-state index contributed by atoms with van der Waals surface area (Å²) in [6, 6.07) is 18.2. The Kier molecular flexibility index (Phi) is 6.21. The van der Waals surface area contributed by atoms with Crippen molar-refractivity contribution < 1.29 is 24.2 Å². The lowest BCUT2D eigenvalue weighted by atomic mass is 9.91. The van der Waals surface area contributed by atoms with Crippen molar-refractivity contribution in [2.45, 2.75) is 31.7 Å². The van der Waals surface area contributed by atoms with Gasteiger partial charge in [0.2, 0.25) is 0 Å². The van der Waals surface area contributed by atoms with Gasteiger partial charge in [-0.1, -0.05) is 18.2 Å². The highest BCUT2D eigenvalue weighted by Crippen LogP contribution is 2.39. The molecule has 7 heteroatoms. The minimum absolute atomic E-state index is 0.0138. The van der Waals surface area contributed by atoms with Gasteiger partial charge in [-0.15, -0.1) is 0 Å². The average Bonchev–Trinajstić information content (AvgIpc) is 2.88. The van der Waals surface area contributed by atoms with E-state index in [-0.39, 0.29) is 23.7 Å². The first-order chi connectivity index (χ1) is 17.0. The Morgan fingerprint density at radius 1 is 1.11 bits per heavy atom. The first-order valence-electron chi connectivity index (χ1n) is 11.6. The van der Waals surface area contributed by atoms with Gasteiger partial charge >= 0.3 is 5.97 Å². The first-order valence-corrected chi connectivity index (χ1v) is 11.6. The SMILES string of the molecule is N#Cc1cc2c(cc1Oc1ccc(C(=O)Cc3ccc4c(c3)CNCC4)cc1)OCCC2C(=O)O. The highest BCUT2D eigenvalue weighted by atomic mass is 16.5. The molecule has 0 spiro atoms. The highest BCUT2D eigenvalue weighted by Gasteiger charge is 2.29. The van der Waals surface area contributed by atoms with Crippen molar-refractivity contribution in [2.24, 2.45) is 0 Å². The molecule has 7 nitrogen and oxygen atoms in total. The van der Waals surface area contributed by atoms with Gasteiger partial charge < -0.3 is 19.9 Å². The monoisotopic (exact) mass is 468 g/mol. The number of nitriles is 1. The number of ketones is 1. The fourth-order valence-electron chi connectivity index (χ4n) is 4.61. The fraction of sp³-hybridized carbons (Fsp3) is 0.250. The molecule has 1 atom stereocenters. The Labute approximate surface area is 202 Å². The summed E-state index contributed by atoms with van der Waals surface area (Å²) in [5.41, 5.74) is 4.86. The van der Waals surface area contributed by atoms with E-state index >= 15 is 0 Å². The summed E-state index contributed by atoms with van der Waals surface area (Å²) in [6.07, 6.45) is 1.68. The minimum Gasteiger partial charge on any atom is -0.493 e. The van der Waals surface area contributed by atoms with Crippen LogP contribution in [0.2, 0.25) is 0 Å². The number of Topliss-reactive ketones (excluding diaryl/α,β-unsaturated/α-hetero) is 1. The molecular formula is C28H24N2O5. The molecule has 2 aliphatic heterocycles. The van der Waals surface area contributed by atoms with Crippen molar-refractivity contribution in [1.82, 2.24) is 5.32 Å². The predicted molar refractivity (Wildman–Crippen MR) is 128 cm³/mol. The third kappa shape index (κ3) is 4.75. The lowest BCUT2D eigenvalue weighted by Crippen LogP contribution is -2.23. The molecular weight excluding hydrogens is 444 g/mol. The quantitative estimate of drug-likeness (QED) is 0.517. The Morgan fingerprint density at radius 3 is 2.71 bits per heavy atom. The summed E-state index contributed by atoms with van der Waals surface area (Å²) in [5, 5.41) is 22.4. The van der Waals surface area contributed by atoms with Crippen molar-refractivity contribution in [3.05, 3.63) is 88.0 Å². The molecule has 0 amide bonds. The number of aliphatic carboxylic acids is 1. The van der Waals surface area contributed by atoms with E-state index in [0.717, 1.165) is 25.1 Å². The molecule has 3 aromatic carbocycles. The Balaban J connectivity index is 1.31. The van der Waals surface area contributed by atoms with Crippen molar-refractivity contribution in [3.63, 3.8) is 0 Å². The van der Waals surface area contributed by atoms with Crippen LogP contribution in [0.5, 0.6) is 17.2 Å². The molecule has 2 heterocycles. The van der Waals surface area contributed by atoms with Crippen molar-refractivity contribution >= 4 is 11.8 Å². The maximum Gasteiger partial charge on any atom is 0.311 e. The third-order valence-electron chi connectivity index (χ3n) is 6.50. The number of benzene rings is 3. The van der Waals surface area contributed by atoms with Gasteiger partial charge in [0.1, 0.15) is 23.3 Å². The molecule has 5 rings (SSSR count). The smallest absolute Gasteiger partial charge is 0.311 e. The maximum absolute atomic E-state index is 12.8. The number of hydrogen-bond donors (Lipinski definition) is 2. The molecule has 2 aliphatic rings. The largest absolute Gasteiger partial charge is 0.493 e. The van der Waals surface area contributed by atoms with Crippen LogP contribution < -0.4 is 14.8 Å². The number of carboxylic acid groups (broad SMARTS) is 1. The summed E-state index contributed by atoms with van der Waals surface area (Å²) >= 11 is 0. The van der Waals surface area contributed by atoms with Crippen LogP contribution in [0.15, 0.2) is 54.6 Å². The van der Waals surface area contributed by atoms with E-state index < -0.39 is 11.9 Å². The van der Waals surface area contributed by atoms with E-state index in [9.17, 15) is 20.0 Å². The van der Waals surface area contributed by atoms with E-state index in [1.54, 1.807) is 30.3 Å². The van der Waals surface area contributed by atoms with E-state index in [1.165, 1.54) is 17.2 Å². The van der Waals surface area contributed by atoms with Crippen LogP contribution in [0, 0.1) is 11.3 Å². The molecule has 176 valence electrons. The first kappa shape index (κ1) is 22.6. The van der Waals surface area contributed by atoms with Gasteiger partial charge in [0.15, 0.2) is 5.78 Å². The van der Waals surface area contributed by atoms with Crippen LogP contribution in [0.25, 0.3) is 0 Å². The summed E-state index contributed by atoms with van der Waals surface area (Å²) in [6.45, 7) is 2.10. The highest BCUT2D eigenvalue weighted by molar-refractivity contribution is 5.97. The third-order valence-corrected chi connectivity index (χ3v) is 6.50. The zero-order chi connectivity index (χ0) is 24.4. The number of carboxylic acids is 1. The number of hydrogen-bond acceptors (Lipinski definition) is 6. The molecule has 0 fully saturated rings. The van der Waals surface area contributed by atoms with Gasteiger partial charge in [-0.05, 0) is 66.4 Å². The second-order valence-electron chi connectivity index (χ2n) is 8.78. The molecule has 0 aliphatic carbocycles. The van der Waals surface area contributed by atoms with Gasteiger partial charge in [-0.3, -0.25) is 9.59 Å². The topological polar surface area (TPSA) is 109 Å². The van der Waals surface area contributed by atoms with Crippen LogP contribution in [-0.2, 0) is 24.2 Å². The van der Waals surface area contributed by atoms with Crippen LogP contribution in [0.3, 0.4) is 0 Å². The Morgan fingerprint density at radius 2 is 1.94 bits per heavy atom.